The topological polar surface area (TPSA) is 65.9 Å². The fourth-order valence-electron chi connectivity index (χ4n) is 1.60. The Bertz CT molecular complexity index is 602. The molecule has 6 heteroatoms. The van der Waals surface area contributed by atoms with E-state index in [-0.39, 0.29) is 0 Å². The molecule has 2 heterocycles. The highest BCUT2D eigenvalue weighted by Gasteiger charge is 2.09. The average Bonchev–Trinajstić information content (AvgIpc) is 2.74. The fourth-order valence-corrected chi connectivity index (χ4v) is 3.10. The van der Waals surface area contributed by atoms with Gasteiger partial charge in [0.2, 0.25) is 0 Å². The van der Waals surface area contributed by atoms with Crippen LogP contribution >= 0.6 is 27.3 Å². The molecule has 18 heavy (non-hydrogen) atoms. The van der Waals surface area contributed by atoms with Crippen molar-refractivity contribution in [3.05, 3.63) is 38.6 Å². The number of nitriles is 1. The van der Waals surface area contributed by atoms with Crippen LogP contribution < -0.4 is 10.6 Å². The lowest BCUT2D eigenvalue weighted by Crippen LogP contribution is -2.18. The van der Waals surface area contributed by atoms with Gasteiger partial charge in [0, 0.05) is 28.0 Å². The standard InChI is InChI=1S/C12H11BrN4S/c1-17(6-10-3-9(13)7-18-10)12-11(15)2-8(4-14)5-16-12/h2-3,5,7H,6,15H2,1H3. The maximum atomic E-state index is 8.77. The molecule has 92 valence electrons. The van der Waals surface area contributed by atoms with E-state index in [1.54, 1.807) is 17.4 Å². The number of hydrogen-bond donors (Lipinski definition) is 1. The summed E-state index contributed by atoms with van der Waals surface area (Å²) in [5, 5.41) is 10.8. The molecule has 2 aromatic rings. The fraction of sp³-hybridized carbons (Fsp3) is 0.167. The van der Waals surface area contributed by atoms with E-state index in [1.165, 1.54) is 11.1 Å². The molecule has 0 unspecified atom stereocenters. The second kappa shape index (κ2) is 5.38. The Morgan fingerprint density at radius 3 is 2.89 bits per heavy atom. The van der Waals surface area contributed by atoms with Crippen LogP contribution in [0.15, 0.2) is 28.2 Å². The zero-order valence-corrected chi connectivity index (χ0v) is 12.1. The summed E-state index contributed by atoms with van der Waals surface area (Å²) in [4.78, 5) is 7.41. The molecule has 2 N–H and O–H groups in total. The van der Waals surface area contributed by atoms with Crippen molar-refractivity contribution in [2.75, 3.05) is 17.7 Å². The Balaban J connectivity index is 2.19. The van der Waals surface area contributed by atoms with Gasteiger partial charge in [0.25, 0.3) is 0 Å². The highest BCUT2D eigenvalue weighted by atomic mass is 79.9. The maximum absolute atomic E-state index is 8.77. The van der Waals surface area contributed by atoms with Gasteiger partial charge in [0.05, 0.1) is 17.8 Å². The summed E-state index contributed by atoms with van der Waals surface area (Å²) in [6, 6.07) is 5.73. The number of rotatable bonds is 3. The highest BCUT2D eigenvalue weighted by Crippen LogP contribution is 2.25. The monoisotopic (exact) mass is 322 g/mol. The molecule has 0 bridgehead atoms. The van der Waals surface area contributed by atoms with Gasteiger partial charge in [-0.1, -0.05) is 0 Å². The van der Waals surface area contributed by atoms with Gasteiger partial charge < -0.3 is 10.6 Å². The lowest BCUT2D eigenvalue weighted by Gasteiger charge is -2.18. The molecular weight excluding hydrogens is 312 g/mol. The Hall–Kier alpha value is -1.58. The van der Waals surface area contributed by atoms with E-state index in [0.29, 0.717) is 17.1 Å². The van der Waals surface area contributed by atoms with E-state index >= 15 is 0 Å². The van der Waals surface area contributed by atoms with Crippen LogP contribution in [-0.2, 0) is 6.54 Å². The molecule has 0 aromatic carbocycles. The third-order valence-corrected chi connectivity index (χ3v) is 4.08. The number of anilines is 2. The minimum atomic E-state index is 0.475. The second-order valence-electron chi connectivity index (χ2n) is 3.84. The zero-order chi connectivity index (χ0) is 13.1. The van der Waals surface area contributed by atoms with Gasteiger partial charge in [-0.05, 0) is 28.1 Å². The van der Waals surface area contributed by atoms with E-state index in [4.69, 9.17) is 11.0 Å². The predicted molar refractivity (Wildman–Crippen MR) is 77.5 cm³/mol. The average molecular weight is 323 g/mol. The third-order valence-electron chi connectivity index (χ3n) is 2.40. The van der Waals surface area contributed by atoms with E-state index in [9.17, 15) is 0 Å². The van der Waals surface area contributed by atoms with Crippen LogP contribution in [0.2, 0.25) is 0 Å². The summed E-state index contributed by atoms with van der Waals surface area (Å²) in [5.41, 5.74) is 6.89. The van der Waals surface area contributed by atoms with Crippen LogP contribution in [0.25, 0.3) is 0 Å². The molecule has 2 aromatic heterocycles. The molecule has 0 aliphatic rings. The number of halogens is 1. The maximum Gasteiger partial charge on any atom is 0.151 e. The molecule has 4 nitrogen and oxygen atoms in total. The first-order chi connectivity index (χ1) is 8.60. The van der Waals surface area contributed by atoms with Crippen molar-refractivity contribution in [3.8, 4) is 6.07 Å². The highest BCUT2D eigenvalue weighted by molar-refractivity contribution is 9.10. The number of thiophene rings is 1. The third kappa shape index (κ3) is 2.81. The van der Waals surface area contributed by atoms with Crippen molar-refractivity contribution < 1.29 is 0 Å². The molecule has 0 aliphatic heterocycles. The van der Waals surface area contributed by atoms with Crippen LogP contribution in [0.5, 0.6) is 0 Å². The Kier molecular flexibility index (Phi) is 3.84. The normalized spacial score (nSPS) is 10.1. The van der Waals surface area contributed by atoms with Crippen LogP contribution in [0, 0.1) is 11.3 Å². The first-order valence-electron chi connectivity index (χ1n) is 5.20. The first kappa shape index (κ1) is 12.9. The van der Waals surface area contributed by atoms with E-state index in [0.717, 1.165) is 11.0 Å². The molecule has 0 aliphatic carbocycles. The van der Waals surface area contributed by atoms with Crippen LogP contribution in [0.3, 0.4) is 0 Å². The van der Waals surface area contributed by atoms with Crippen molar-refractivity contribution >= 4 is 38.8 Å². The Labute approximate surface area is 118 Å². The Morgan fingerprint density at radius 1 is 1.56 bits per heavy atom. The van der Waals surface area contributed by atoms with Gasteiger partial charge in [-0.3, -0.25) is 0 Å². The predicted octanol–water partition coefficient (Wildman–Crippen LogP) is 3.00. The smallest absolute Gasteiger partial charge is 0.151 e. The quantitative estimate of drug-likeness (QED) is 0.943. The van der Waals surface area contributed by atoms with E-state index < -0.39 is 0 Å². The van der Waals surface area contributed by atoms with Crippen LogP contribution in [0.1, 0.15) is 10.4 Å². The lowest BCUT2D eigenvalue weighted by atomic mass is 10.2. The number of hydrogen-bond acceptors (Lipinski definition) is 5. The summed E-state index contributed by atoms with van der Waals surface area (Å²) in [5.74, 6) is 0.693. The molecule has 0 fully saturated rings. The SMILES string of the molecule is CN(Cc1cc(Br)cs1)c1ncc(C#N)cc1N. The van der Waals surface area contributed by atoms with Crippen molar-refractivity contribution in [3.63, 3.8) is 0 Å². The number of nitrogens with two attached hydrogens (primary N) is 1. The molecule has 2 rings (SSSR count). The molecule has 0 spiro atoms. The Morgan fingerprint density at radius 2 is 2.33 bits per heavy atom. The summed E-state index contributed by atoms with van der Waals surface area (Å²) in [6.45, 7) is 0.735. The molecular formula is C12H11BrN4S. The number of aromatic nitrogens is 1. The molecule has 0 amide bonds. The van der Waals surface area contributed by atoms with E-state index in [1.807, 2.05) is 23.4 Å². The van der Waals surface area contributed by atoms with Gasteiger partial charge in [0.1, 0.15) is 6.07 Å². The number of nitrogen functional groups attached to an aromatic ring is 1. The molecule has 0 radical (unpaired) electrons. The number of nitrogens with zero attached hydrogens (tertiary/aromatic N) is 3. The van der Waals surface area contributed by atoms with E-state index in [2.05, 4.69) is 27.0 Å². The molecule has 0 saturated carbocycles. The second-order valence-corrected chi connectivity index (χ2v) is 5.75. The van der Waals surface area contributed by atoms with Crippen molar-refractivity contribution in [1.82, 2.24) is 4.98 Å². The largest absolute Gasteiger partial charge is 0.396 e. The van der Waals surface area contributed by atoms with Crippen molar-refractivity contribution in [2.45, 2.75) is 6.54 Å². The minimum Gasteiger partial charge on any atom is -0.396 e. The van der Waals surface area contributed by atoms with Gasteiger partial charge in [-0.25, -0.2) is 4.98 Å². The number of pyridine rings is 1. The molecule has 0 atom stereocenters. The van der Waals surface area contributed by atoms with Gasteiger partial charge in [-0.2, -0.15) is 5.26 Å². The summed E-state index contributed by atoms with van der Waals surface area (Å²) >= 11 is 5.10. The first-order valence-corrected chi connectivity index (χ1v) is 6.87. The van der Waals surface area contributed by atoms with Crippen molar-refractivity contribution in [1.29, 1.82) is 5.26 Å². The van der Waals surface area contributed by atoms with Crippen molar-refractivity contribution in [2.24, 2.45) is 0 Å². The van der Waals surface area contributed by atoms with Gasteiger partial charge in [0.15, 0.2) is 5.82 Å². The molecule has 0 saturated heterocycles. The zero-order valence-electron chi connectivity index (χ0n) is 9.72. The summed E-state index contributed by atoms with van der Waals surface area (Å²) in [7, 11) is 1.93. The summed E-state index contributed by atoms with van der Waals surface area (Å²) in [6.07, 6.45) is 1.53. The lowest BCUT2D eigenvalue weighted by molar-refractivity contribution is 0.914. The van der Waals surface area contributed by atoms with Crippen LogP contribution in [-0.4, -0.2) is 12.0 Å². The van der Waals surface area contributed by atoms with Gasteiger partial charge >= 0.3 is 0 Å². The minimum absolute atomic E-state index is 0.475. The van der Waals surface area contributed by atoms with Gasteiger partial charge in [-0.15, -0.1) is 11.3 Å². The summed E-state index contributed by atoms with van der Waals surface area (Å²) < 4.78 is 1.08. The van der Waals surface area contributed by atoms with Crippen LogP contribution in [0.4, 0.5) is 11.5 Å².